The van der Waals surface area contributed by atoms with Crippen LogP contribution in [-0.4, -0.2) is 27.2 Å². The van der Waals surface area contributed by atoms with Crippen molar-refractivity contribution < 1.29 is 14.2 Å². The van der Waals surface area contributed by atoms with Gasteiger partial charge < -0.3 is 9.84 Å². The molecule has 0 bridgehead atoms. The Hall–Kier alpha value is -2.51. The van der Waals surface area contributed by atoms with E-state index < -0.39 is 11.6 Å². The number of methoxy groups -OCH3 is 1. The van der Waals surface area contributed by atoms with Gasteiger partial charge in [0.2, 0.25) is 5.88 Å². The fourth-order valence-corrected chi connectivity index (χ4v) is 3.94. The van der Waals surface area contributed by atoms with Gasteiger partial charge in [-0.1, -0.05) is 11.6 Å². The number of hydrogen-bond donors (Lipinski definition) is 1. The third kappa shape index (κ3) is 2.56. The first-order valence-electron chi connectivity index (χ1n) is 7.27. The number of fused-ring (bicyclic) bond motifs is 2. The van der Waals surface area contributed by atoms with Crippen LogP contribution >= 0.6 is 22.9 Å². The van der Waals surface area contributed by atoms with Crippen molar-refractivity contribution in [1.82, 2.24) is 15.0 Å². The molecule has 0 unspecified atom stereocenters. The summed E-state index contributed by atoms with van der Waals surface area (Å²) >= 11 is 7.29. The molecule has 0 atom stereocenters. The Kier molecular flexibility index (Phi) is 3.70. The molecule has 0 saturated carbocycles. The second-order valence-electron chi connectivity index (χ2n) is 5.48. The second kappa shape index (κ2) is 5.79. The highest BCUT2D eigenvalue weighted by molar-refractivity contribution is 7.21. The standard InChI is InChI=1S/C17H11ClFN3O2S/c1-7-3-8(15-9(4-7)21-12(24-2)6-20-15)17-22-16-11(25-17)5-10(23)14(19)13(16)18/h3-6,23H,1-2H3. The second-order valence-corrected chi connectivity index (χ2v) is 6.89. The Morgan fingerprint density at radius 1 is 1.20 bits per heavy atom. The summed E-state index contributed by atoms with van der Waals surface area (Å²) in [7, 11) is 1.53. The molecule has 5 nitrogen and oxygen atoms in total. The Labute approximate surface area is 150 Å². The average molecular weight is 376 g/mol. The zero-order valence-electron chi connectivity index (χ0n) is 13.2. The van der Waals surface area contributed by atoms with E-state index in [9.17, 15) is 9.50 Å². The lowest BCUT2D eigenvalue weighted by Crippen LogP contribution is -1.93. The number of rotatable bonds is 2. The van der Waals surface area contributed by atoms with Crippen molar-refractivity contribution in [2.24, 2.45) is 0 Å². The van der Waals surface area contributed by atoms with Crippen molar-refractivity contribution in [2.75, 3.05) is 7.11 Å². The number of aryl methyl sites for hydroxylation is 1. The van der Waals surface area contributed by atoms with Gasteiger partial charge in [-0.15, -0.1) is 11.3 Å². The molecule has 2 aromatic carbocycles. The topological polar surface area (TPSA) is 68.1 Å². The maximum Gasteiger partial charge on any atom is 0.232 e. The van der Waals surface area contributed by atoms with Gasteiger partial charge in [0, 0.05) is 11.6 Å². The Bertz CT molecular complexity index is 1150. The number of ether oxygens (including phenoxy) is 1. The molecule has 4 aromatic rings. The van der Waals surface area contributed by atoms with Crippen LogP contribution in [0.15, 0.2) is 24.4 Å². The Morgan fingerprint density at radius 3 is 2.76 bits per heavy atom. The van der Waals surface area contributed by atoms with Gasteiger partial charge in [-0.3, -0.25) is 0 Å². The van der Waals surface area contributed by atoms with Crippen LogP contribution < -0.4 is 4.74 Å². The quantitative estimate of drug-likeness (QED) is 0.549. The largest absolute Gasteiger partial charge is 0.505 e. The van der Waals surface area contributed by atoms with Crippen LogP contribution in [0.5, 0.6) is 11.6 Å². The van der Waals surface area contributed by atoms with E-state index in [1.165, 1.54) is 30.7 Å². The number of hydrogen-bond acceptors (Lipinski definition) is 6. The van der Waals surface area contributed by atoms with E-state index in [1.807, 2.05) is 19.1 Å². The first-order chi connectivity index (χ1) is 12.0. The van der Waals surface area contributed by atoms with Gasteiger partial charge in [0.15, 0.2) is 11.6 Å². The number of nitrogens with zero attached hydrogens (tertiary/aromatic N) is 3. The lowest BCUT2D eigenvalue weighted by molar-refractivity contribution is 0.397. The van der Waals surface area contributed by atoms with Crippen LogP contribution in [-0.2, 0) is 0 Å². The lowest BCUT2D eigenvalue weighted by Gasteiger charge is -2.06. The fraction of sp³-hybridized carbons (Fsp3) is 0.118. The zero-order chi connectivity index (χ0) is 17.7. The number of thiazole rings is 1. The summed E-state index contributed by atoms with van der Waals surface area (Å²) in [4.78, 5) is 13.3. The van der Waals surface area contributed by atoms with E-state index in [2.05, 4.69) is 15.0 Å². The van der Waals surface area contributed by atoms with E-state index in [0.717, 1.165) is 11.1 Å². The van der Waals surface area contributed by atoms with Crippen molar-refractivity contribution in [3.05, 3.63) is 40.8 Å². The third-order valence-corrected chi connectivity index (χ3v) is 5.14. The number of aromatic nitrogens is 3. The molecule has 2 heterocycles. The summed E-state index contributed by atoms with van der Waals surface area (Å²) in [5, 5.41) is 10.1. The molecule has 0 amide bonds. The van der Waals surface area contributed by atoms with Crippen molar-refractivity contribution in [3.8, 4) is 22.2 Å². The van der Waals surface area contributed by atoms with Gasteiger partial charge in [-0.2, -0.15) is 0 Å². The van der Waals surface area contributed by atoms with E-state index in [-0.39, 0.29) is 5.02 Å². The van der Waals surface area contributed by atoms with E-state index in [4.69, 9.17) is 16.3 Å². The van der Waals surface area contributed by atoms with Crippen LogP contribution in [0.4, 0.5) is 4.39 Å². The number of benzene rings is 2. The predicted molar refractivity (Wildman–Crippen MR) is 96.1 cm³/mol. The maximum absolute atomic E-state index is 13.8. The monoisotopic (exact) mass is 375 g/mol. The SMILES string of the molecule is COc1cnc2c(-c3nc4c(Cl)c(F)c(O)cc4s3)cc(C)cc2n1. The van der Waals surface area contributed by atoms with E-state index in [0.29, 0.717) is 32.1 Å². The molecule has 8 heteroatoms. The minimum Gasteiger partial charge on any atom is -0.505 e. The minimum absolute atomic E-state index is 0.192. The molecule has 0 aliphatic carbocycles. The molecule has 0 aliphatic heterocycles. The summed E-state index contributed by atoms with van der Waals surface area (Å²) in [5.41, 5.74) is 3.39. The first-order valence-corrected chi connectivity index (χ1v) is 8.46. The maximum atomic E-state index is 13.8. The molecule has 2 aromatic heterocycles. The Balaban J connectivity index is 2.01. The highest BCUT2D eigenvalue weighted by atomic mass is 35.5. The summed E-state index contributed by atoms with van der Waals surface area (Å²) in [5.74, 6) is -0.945. The van der Waals surface area contributed by atoms with Gasteiger partial charge in [0.25, 0.3) is 0 Å². The van der Waals surface area contributed by atoms with Gasteiger partial charge in [0.1, 0.15) is 15.5 Å². The van der Waals surface area contributed by atoms with E-state index in [1.54, 1.807) is 0 Å². The van der Waals surface area contributed by atoms with Crippen LogP contribution in [0.2, 0.25) is 5.02 Å². The smallest absolute Gasteiger partial charge is 0.232 e. The zero-order valence-corrected chi connectivity index (χ0v) is 14.7. The van der Waals surface area contributed by atoms with Crippen LogP contribution in [0, 0.1) is 12.7 Å². The number of phenols is 1. The molecule has 0 saturated heterocycles. The summed E-state index contributed by atoms with van der Waals surface area (Å²) in [6, 6.07) is 5.16. The molecule has 0 aliphatic rings. The van der Waals surface area contributed by atoms with Crippen LogP contribution in [0.3, 0.4) is 0 Å². The molecule has 25 heavy (non-hydrogen) atoms. The molecular weight excluding hydrogens is 365 g/mol. The number of aromatic hydroxyl groups is 1. The van der Waals surface area contributed by atoms with Crippen LogP contribution in [0.1, 0.15) is 5.56 Å². The fourth-order valence-electron chi connectivity index (χ4n) is 2.62. The van der Waals surface area contributed by atoms with Gasteiger partial charge >= 0.3 is 0 Å². The van der Waals surface area contributed by atoms with Crippen molar-refractivity contribution in [3.63, 3.8) is 0 Å². The molecule has 1 N–H and O–H groups in total. The summed E-state index contributed by atoms with van der Waals surface area (Å²) in [6.07, 6.45) is 1.53. The molecule has 0 fully saturated rings. The van der Waals surface area contributed by atoms with E-state index >= 15 is 0 Å². The van der Waals surface area contributed by atoms with Gasteiger partial charge in [0.05, 0.1) is 29.0 Å². The molecule has 4 rings (SSSR count). The van der Waals surface area contributed by atoms with Gasteiger partial charge in [-0.25, -0.2) is 19.3 Å². The lowest BCUT2D eigenvalue weighted by atomic mass is 10.1. The minimum atomic E-state index is -0.871. The first kappa shape index (κ1) is 16.0. The third-order valence-electron chi connectivity index (χ3n) is 3.76. The molecule has 0 radical (unpaired) electrons. The number of halogens is 2. The highest BCUT2D eigenvalue weighted by Gasteiger charge is 2.18. The normalized spacial score (nSPS) is 11.4. The number of phenolic OH excluding ortho intramolecular Hbond substituents is 1. The Morgan fingerprint density at radius 2 is 2.00 bits per heavy atom. The molecule has 0 spiro atoms. The average Bonchev–Trinajstić information content (AvgIpc) is 3.02. The summed E-state index contributed by atoms with van der Waals surface area (Å²) < 4.78 is 19.5. The summed E-state index contributed by atoms with van der Waals surface area (Å²) in [6.45, 7) is 1.94. The van der Waals surface area contributed by atoms with Crippen molar-refractivity contribution in [2.45, 2.75) is 6.92 Å². The van der Waals surface area contributed by atoms with Gasteiger partial charge in [-0.05, 0) is 24.6 Å². The molecule has 126 valence electrons. The van der Waals surface area contributed by atoms with Crippen LogP contribution in [0.25, 0.3) is 31.8 Å². The molecular formula is C17H11ClFN3O2S. The predicted octanol–water partition coefficient (Wildman–Crippen LogP) is 4.72. The van der Waals surface area contributed by atoms with Crippen molar-refractivity contribution in [1.29, 1.82) is 0 Å². The van der Waals surface area contributed by atoms with Crippen molar-refractivity contribution >= 4 is 44.2 Å². The highest BCUT2D eigenvalue weighted by Crippen LogP contribution is 2.40.